The second-order valence-corrected chi connectivity index (χ2v) is 6.26. The molecule has 8 nitrogen and oxygen atoms in total. The van der Waals surface area contributed by atoms with Crippen LogP contribution in [0.25, 0.3) is 0 Å². The summed E-state index contributed by atoms with van der Waals surface area (Å²) < 4.78 is 16.9. The van der Waals surface area contributed by atoms with E-state index in [0.29, 0.717) is 11.5 Å². The molecular formula is C17H18N2O6. The van der Waals surface area contributed by atoms with Crippen LogP contribution >= 0.6 is 0 Å². The summed E-state index contributed by atoms with van der Waals surface area (Å²) in [4.78, 5) is 11.5. The number of fused-ring (bicyclic) bond motifs is 1. The number of hydrogen-bond donors (Lipinski definition) is 2. The third-order valence-electron chi connectivity index (χ3n) is 4.23. The molecule has 0 aromatic carbocycles. The molecule has 1 fully saturated rings. The Morgan fingerprint density at radius 1 is 1.28 bits per heavy atom. The first-order valence-electron chi connectivity index (χ1n) is 7.65. The molecular weight excluding hydrogens is 328 g/mol. The molecule has 0 amide bonds. The Morgan fingerprint density at radius 2 is 2.04 bits per heavy atom. The van der Waals surface area contributed by atoms with Crippen LogP contribution in [-0.2, 0) is 14.3 Å². The summed E-state index contributed by atoms with van der Waals surface area (Å²) >= 11 is 0. The van der Waals surface area contributed by atoms with E-state index in [4.69, 9.17) is 14.2 Å². The van der Waals surface area contributed by atoms with Gasteiger partial charge in [0.1, 0.15) is 35.3 Å². The summed E-state index contributed by atoms with van der Waals surface area (Å²) in [5.74, 6) is 1.78. The maximum Gasteiger partial charge on any atom is 0.234 e. The van der Waals surface area contributed by atoms with Crippen LogP contribution in [0.2, 0.25) is 0 Å². The van der Waals surface area contributed by atoms with Crippen LogP contribution in [0.5, 0.6) is 11.8 Å². The van der Waals surface area contributed by atoms with Crippen LogP contribution in [0.4, 0.5) is 0 Å². The SMILES string of the molecule is COC1=CC=C2OC(C)(C)C(O)C(Oc3ccc(O)nn3)C2C1=C=O. The molecule has 3 unspecified atom stereocenters. The van der Waals surface area contributed by atoms with Gasteiger partial charge in [-0.1, -0.05) is 0 Å². The van der Waals surface area contributed by atoms with Crippen molar-refractivity contribution < 1.29 is 29.2 Å². The average molecular weight is 346 g/mol. The van der Waals surface area contributed by atoms with E-state index in [1.54, 1.807) is 26.0 Å². The van der Waals surface area contributed by atoms with Crippen molar-refractivity contribution in [3.05, 3.63) is 41.4 Å². The lowest BCUT2D eigenvalue weighted by Crippen LogP contribution is -2.57. The predicted octanol–water partition coefficient (Wildman–Crippen LogP) is 0.901. The Morgan fingerprint density at radius 3 is 2.64 bits per heavy atom. The van der Waals surface area contributed by atoms with E-state index in [1.807, 2.05) is 5.94 Å². The normalized spacial score (nSPS) is 27.2. The number of aromatic hydroxyl groups is 1. The van der Waals surface area contributed by atoms with Crippen molar-refractivity contribution in [1.29, 1.82) is 0 Å². The van der Waals surface area contributed by atoms with Crippen LogP contribution in [0.15, 0.2) is 41.4 Å². The van der Waals surface area contributed by atoms with Gasteiger partial charge in [0, 0.05) is 12.1 Å². The maximum absolute atomic E-state index is 11.5. The van der Waals surface area contributed by atoms with Gasteiger partial charge in [-0.25, -0.2) is 4.79 Å². The van der Waals surface area contributed by atoms with Crippen molar-refractivity contribution in [2.75, 3.05) is 7.11 Å². The molecule has 132 valence electrons. The van der Waals surface area contributed by atoms with Crippen LogP contribution < -0.4 is 4.74 Å². The Labute approximate surface area is 144 Å². The first-order valence-corrected chi connectivity index (χ1v) is 7.65. The van der Waals surface area contributed by atoms with Gasteiger partial charge in [0.15, 0.2) is 0 Å². The van der Waals surface area contributed by atoms with Crippen molar-refractivity contribution >= 4 is 5.94 Å². The minimum Gasteiger partial charge on any atom is -0.496 e. The molecule has 2 heterocycles. The summed E-state index contributed by atoms with van der Waals surface area (Å²) in [5, 5.41) is 27.2. The smallest absolute Gasteiger partial charge is 0.234 e. The second-order valence-electron chi connectivity index (χ2n) is 6.26. The monoisotopic (exact) mass is 346 g/mol. The minimum absolute atomic E-state index is 0.0951. The number of aliphatic hydroxyl groups excluding tert-OH is 1. The van der Waals surface area contributed by atoms with E-state index in [2.05, 4.69) is 10.2 Å². The van der Waals surface area contributed by atoms with Crippen LogP contribution in [0, 0.1) is 5.92 Å². The molecule has 0 radical (unpaired) electrons. The van der Waals surface area contributed by atoms with E-state index in [1.165, 1.54) is 19.2 Å². The molecule has 0 saturated carbocycles. The van der Waals surface area contributed by atoms with Gasteiger partial charge in [-0.05, 0) is 26.0 Å². The highest BCUT2D eigenvalue weighted by molar-refractivity contribution is 5.64. The molecule has 1 aromatic heterocycles. The predicted molar refractivity (Wildman–Crippen MR) is 85.2 cm³/mol. The average Bonchev–Trinajstić information content (AvgIpc) is 2.59. The molecule has 0 bridgehead atoms. The number of methoxy groups -OCH3 is 1. The summed E-state index contributed by atoms with van der Waals surface area (Å²) in [6.07, 6.45) is 1.32. The van der Waals surface area contributed by atoms with Gasteiger partial charge >= 0.3 is 0 Å². The molecule has 1 aliphatic heterocycles. The fraction of sp³-hybridized carbons (Fsp3) is 0.412. The van der Waals surface area contributed by atoms with Gasteiger partial charge in [0.05, 0.1) is 18.6 Å². The van der Waals surface area contributed by atoms with Gasteiger partial charge in [-0.15, -0.1) is 10.2 Å². The quantitative estimate of drug-likeness (QED) is 0.777. The van der Waals surface area contributed by atoms with Gasteiger partial charge < -0.3 is 24.4 Å². The molecule has 8 heteroatoms. The molecule has 1 aromatic rings. The van der Waals surface area contributed by atoms with Crippen LogP contribution in [0.1, 0.15) is 13.8 Å². The fourth-order valence-corrected chi connectivity index (χ4v) is 2.95. The van der Waals surface area contributed by atoms with Crippen LogP contribution in [0.3, 0.4) is 0 Å². The molecule has 1 saturated heterocycles. The van der Waals surface area contributed by atoms with Crippen molar-refractivity contribution in [1.82, 2.24) is 10.2 Å². The summed E-state index contributed by atoms with van der Waals surface area (Å²) in [6, 6.07) is 2.73. The summed E-state index contributed by atoms with van der Waals surface area (Å²) in [5.41, 5.74) is -0.768. The second kappa shape index (κ2) is 6.23. The summed E-state index contributed by atoms with van der Waals surface area (Å²) in [7, 11) is 1.44. The topological polar surface area (TPSA) is 111 Å². The molecule has 2 aliphatic rings. The van der Waals surface area contributed by atoms with Gasteiger partial charge in [0.25, 0.3) is 0 Å². The van der Waals surface area contributed by atoms with Crippen molar-refractivity contribution in [3.63, 3.8) is 0 Å². The van der Waals surface area contributed by atoms with Gasteiger partial charge in [-0.2, -0.15) is 0 Å². The molecule has 25 heavy (non-hydrogen) atoms. The maximum atomic E-state index is 11.5. The van der Waals surface area contributed by atoms with Crippen molar-refractivity contribution in [2.45, 2.75) is 31.7 Å². The lowest BCUT2D eigenvalue weighted by Gasteiger charge is -2.46. The lowest BCUT2D eigenvalue weighted by atomic mass is 9.78. The molecule has 3 atom stereocenters. The first kappa shape index (κ1) is 17.0. The summed E-state index contributed by atoms with van der Waals surface area (Å²) in [6.45, 7) is 3.43. The molecule has 2 N–H and O–H groups in total. The number of aliphatic hydroxyl groups is 1. The zero-order valence-electron chi connectivity index (χ0n) is 14.0. The Bertz CT molecular complexity index is 777. The number of rotatable bonds is 3. The van der Waals surface area contributed by atoms with Crippen molar-refractivity contribution in [3.8, 4) is 11.8 Å². The number of nitrogens with zero attached hydrogens (tertiary/aromatic N) is 2. The van der Waals surface area contributed by atoms with Crippen molar-refractivity contribution in [2.24, 2.45) is 5.92 Å². The largest absolute Gasteiger partial charge is 0.496 e. The number of hydrogen-bond acceptors (Lipinski definition) is 8. The molecule has 1 aliphatic carbocycles. The molecule has 0 spiro atoms. The number of allylic oxidation sites excluding steroid dienone is 3. The lowest BCUT2D eigenvalue weighted by molar-refractivity contribution is -0.161. The highest BCUT2D eigenvalue weighted by atomic mass is 16.6. The van der Waals surface area contributed by atoms with Gasteiger partial charge in [0.2, 0.25) is 11.8 Å². The number of aromatic nitrogens is 2. The zero-order valence-corrected chi connectivity index (χ0v) is 14.0. The third kappa shape index (κ3) is 2.97. The van der Waals surface area contributed by atoms with Gasteiger partial charge in [-0.3, -0.25) is 0 Å². The highest BCUT2D eigenvalue weighted by Gasteiger charge is 2.52. The minimum atomic E-state index is -1.08. The van der Waals surface area contributed by atoms with E-state index >= 15 is 0 Å². The van der Waals surface area contributed by atoms with E-state index in [9.17, 15) is 15.0 Å². The van der Waals surface area contributed by atoms with Crippen LogP contribution in [-0.4, -0.2) is 51.3 Å². The fourth-order valence-electron chi connectivity index (χ4n) is 2.95. The van der Waals surface area contributed by atoms with E-state index < -0.39 is 23.7 Å². The number of ether oxygens (including phenoxy) is 3. The zero-order chi connectivity index (χ0) is 18.2. The Kier molecular flexibility index (Phi) is 4.24. The third-order valence-corrected chi connectivity index (χ3v) is 4.23. The first-order chi connectivity index (χ1) is 11.9. The Balaban J connectivity index is 2.03. The number of carbonyl (C=O) groups excluding carboxylic acids is 1. The Hall–Kier alpha value is -2.83. The standard InChI is InChI=1S/C17H18N2O6/c1-17(2)16(22)15(24-13-7-6-12(21)18-19-13)14-9(8-20)10(23-3)4-5-11(14)25-17/h4-7,14-16,22H,1-3H3,(H,18,21). The van der Waals surface area contributed by atoms with E-state index in [-0.39, 0.29) is 17.3 Å². The van der Waals surface area contributed by atoms with E-state index in [0.717, 1.165) is 0 Å². The molecule has 3 rings (SSSR count). The highest BCUT2D eigenvalue weighted by Crippen LogP contribution is 2.43.